The number of nitrogens with one attached hydrogen (secondary N) is 4. The van der Waals surface area contributed by atoms with Gasteiger partial charge in [-0.3, -0.25) is 4.79 Å². The number of hydrogen-bond acceptors (Lipinski definition) is 7. The number of phenolic OH excluding ortho intramolecular Hbond substituents is 1. The van der Waals surface area contributed by atoms with Crippen molar-refractivity contribution in [2.75, 3.05) is 23.0 Å². The standard InChI is InChI=1S/C27H23F3N6O2/c1-15-9-10-17(26(38)33-19-7-4-6-18(13-19)27(28,29)30)12-22(15)34-25-21(14-31)24(32-2)35-23(36-25)16-5-3-8-20(37)11-16/h3-14,31,37H,1-2H3,(H,33,38)(H2,32,34,35,36). The summed E-state index contributed by atoms with van der Waals surface area (Å²) >= 11 is 0. The van der Waals surface area contributed by atoms with Gasteiger partial charge in [0.25, 0.3) is 5.91 Å². The van der Waals surface area contributed by atoms with E-state index in [0.29, 0.717) is 22.6 Å². The van der Waals surface area contributed by atoms with Gasteiger partial charge >= 0.3 is 6.18 Å². The smallest absolute Gasteiger partial charge is 0.416 e. The lowest BCUT2D eigenvalue weighted by molar-refractivity contribution is -0.137. The Morgan fingerprint density at radius 1 is 1.00 bits per heavy atom. The number of amides is 1. The van der Waals surface area contributed by atoms with Crippen molar-refractivity contribution in [2.24, 2.45) is 0 Å². The van der Waals surface area contributed by atoms with Crippen molar-refractivity contribution in [1.29, 1.82) is 5.41 Å². The van der Waals surface area contributed by atoms with Gasteiger partial charge in [-0.25, -0.2) is 9.97 Å². The van der Waals surface area contributed by atoms with E-state index in [0.717, 1.165) is 23.9 Å². The molecular weight excluding hydrogens is 497 g/mol. The number of nitrogens with zero attached hydrogens (tertiary/aromatic N) is 2. The molecular formula is C27H23F3N6O2. The van der Waals surface area contributed by atoms with E-state index in [9.17, 15) is 23.1 Å². The Bertz CT molecular complexity index is 1520. The number of hydrogen-bond donors (Lipinski definition) is 5. The molecule has 1 amide bonds. The number of aromatic nitrogens is 2. The van der Waals surface area contributed by atoms with Gasteiger partial charge in [-0.05, 0) is 55.0 Å². The summed E-state index contributed by atoms with van der Waals surface area (Å²) in [5, 5.41) is 26.3. The van der Waals surface area contributed by atoms with E-state index in [1.807, 2.05) is 0 Å². The number of phenols is 1. The zero-order valence-electron chi connectivity index (χ0n) is 20.3. The maximum absolute atomic E-state index is 13.0. The van der Waals surface area contributed by atoms with Crippen molar-refractivity contribution in [2.45, 2.75) is 13.1 Å². The fourth-order valence-corrected chi connectivity index (χ4v) is 3.67. The number of aryl methyl sites for hydroxylation is 1. The zero-order chi connectivity index (χ0) is 27.4. The fraction of sp³-hybridized carbons (Fsp3) is 0.111. The van der Waals surface area contributed by atoms with Crippen LogP contribution in [0, 0.1) is 12.3 Å². The molecule has 0 unspecified atom stereocenters. The molecule has 0 saturated heterocycles. The largest absolute Gasteiger partial charge is 0.508 e. The Morgan fingerprint density at radius 3 is 2.42 bits per heavy atom. The lowest BCUT2D eigenvalue weighted by atomic mass is 10.1. The van der Waals surface area contributed by atoms with Crippen LogP contribution in [-0.2, 0) is 6.18 Å². The van der Waals surface area contributed by atoms with Gasteiger partial charge in [0.1, 0.15) is 17.4 Å². The van der Waals surface area contributed by atoms with Crippen LogP contribution in [0.2, 0.25) is 0 Å². The number of carbonyl (C=O) groups is 1. The summed E-state index contributed by atoms with van der Waals surface area (Å²) in [7, 11) is 1.65. The fourth-order valence-electron chi connectivity index (χ4n) is 3.67. The van der Waals surface area contributed by atoms with Crippen LogP contribution in [0.3, 0.4) is 0 Å². The predicted molar refractivity (Wildman–Crippen MR) is 140 cm³/mol. The van der Waals surface area contributed by atoms with Gasteiger partial charge in [-0.1, -0.05) is 24.3 Å². The van der Waals surface area contributed by atoms with Crippen molar-refractivity contribution >= 4 is 35.1 Å². The normalized spacial score (nSPS) is 11.1. The van der Waals surface area contributed by atoms with E-state index in [2.05, 4.69) is 25.9 Å². The first-order valence-electron chi connectivity index (χ1n) is 11.3. The van der Waals surface area contributed by atoms with Crippen LogP contribution >= 0.6 is 0 Å². The van der Waals surface area contributed by atoms with E-state index in [-0.39, 0.29) is 28.6 Å². The lowest BCUT2D eigenvalue weighted by Crippen LogP contribution is -2.14. The molecule has 194 valence electrons. The number of aromatic hydroxyl groups is 1. The molecule has 0 spiro atoms. The second-order valence-corrected chi connectivity index (χ2v) is 8.29. The van der Waals surface area contributed by atoms with Crippen LogP contribution in [0.4, 0.5) is 36.2 Å². The van der Waals surface area contributed by atoms with Crippen LogP contribution in [-0.4, -0.2) is 34.2 Å². The van der Waals surface area contributed by atoms with Crippen LogP contribution in [0.25, 0.3) is 11.4 Å². The molecule has 8 nitrogen and oxygen atoms in total. The van der Waals surface area contributed by atoms with Crippen molar-refractivity contribution in [1.82, 2.24) is 9.97 Å². The summed E-state index contributed by atoms with van der Waals surface area (Å²) < 4.78 is 39.1. The van der Waals surface area contributed by atoms with Gasteiger partial charge in [-0.2, -0.15) is 13.2 Å². The third-order valence-electron chi connectivity index (χ3n) is 5.63. The molecule has 5 N–H and O–H groups in total. The molecule has 0 saturated carbocycles. The van der Waals surface area contributed by atoms with Crippen LogP contribution in [0.5, 0.6) is 5.75 Å². The highest BCUT2D eigenvalue weighted by molar-refractivity contribution is 6.05. The molecule has 4 aromatic rings. The Kier molecular flexibility index (Phi) is 7.28. The van der Waals surface area contributed by atoms with Gasteiger partial charge in [0, 0.05) is 35.8 Å². The quantitative estimate of drug-likeness (QED) is 0.185. The van der Waals surface area contributed by atoms with Crippen molar-refractivity contribution in [3.05, 3.63) is 89.0 Å². The zero-order valence-corrected chi connectivity index (χ0v) is 20.3. The summed E-state index contributed by atoms with van der Waals surface area (Å²) in [5.41, 5.74) is 1.49. The second-order valence-electron chi connectivity index (χ2n) is 8.29. The molecule has 1 aromatic heterocycles. The molecule has 1 heterocycles. The topological polar surface area (TPSA) is 123 Å². The molecule has 0 aliphatic carbocycles. The highest BCUT2D eigenvalue weighted by Crippen LogP contribution is 2.32. The average Bonchev–Trinajstić information content (AvgIpc) is 2.89. The number of benzene rings is 3. The van der Waals surface area contributed by atoms with Crippen LogP contribution < -0.4 is 16.0 Å². The van der Waals surface area contributed by atoms with Crippen molar-refractivity contribution < 1.29 is 23.1 Å². The number of alkyl halides is 3. The number of carbonyl (C=O) groups excluding carboxylic acids is 1. The molecule has 0 aliphatic heterocycles. The molecule has 0 fully saturated rings. The second kappa shape index (κ2) is 10.6. The average molecular weight is 521 g/mol. The summed E-state index contributed by atoms with van der Waals surface area (Å²) in [6.45, 7) is 1.80. The Hall–Kier alpha value is -4.93. The van der Waals surface area contributed by atoms with Gasteiger partial charge in [0.15, 0.2) is 5.82 Å². The monoisotopic (exact) mass is 520 g/mol. The summed E-state index contributed by atoms with van der Waals surface area (Å²) in [6, 6.07) is 15.6. The molecule has 3 aromatic carbocycles. The van der Waals surface area contributed by atoms with Crippen molar-refractivity contribution in [3.63, 3.8) is 0 Å². The van der Waals surface area contributed by atoms with Gasteiger partial charge in [0.2, 0.25) is 0 Å². The minimum absolute atomic E-state index is 0.0104. The molecule has 0 bridgehead atoms. The minimum Gasteiger partial charge on any atom is -0.508 e. The maximum atomic E-state index is 13.0. The predicted octanol–water partition coefficient (Wildman–Crippen LogP) is 6.21. The molecule has 0 radical (unpaired) electrons. The van der Waals surface area contributed by atoms with E-state index in [1.54, 1.807) is 44.3 Å². The molecule has 0 aliphatic rings. The van der Waals surface area contributed by atoms with E-state index < -0.39 is 17.6 Å². The Labute approximate surface area is 216 Å². The first-order chi connectivity index (χ1) is 18.1. The highest BCUT2D eigenvalue weighted by Gasteiger charge is 2.30. The van der Waals surface area contributed by atoms with Gasteiger partial charge in [-0.15, -0.1) is 0 Å². The minimum atomic E-state index is -4.53. The molecule has 0 atom stereocenters. The van der Waals surface area contributed by atoms with E-state index in [1.165, 1.54) is 24.3 Å². The summed E-state index contributed by atoms with van der Waals surface area (Å²) in [5.74, 6) is 0.370. The van der Waals surface area contributed by atoms with Crippen molar-refractivity contribution in [3.8, 4) is 17.1 Å². The summed E-state index contributed by atoms with van der Waals surface area (Å²) in [6.07, 6.45) is -3.45. The third-order valence-corrected chi connectivity index (χ3v) is 5.63. The first kappa shape index (κ1) is 26.1. The maximum Gasteiger partial charge on any atom is 0.416 e. The lowest BCUT2D eigenvalue weighted by Gasteiger charge is -2.16. The first-order valence-corrected chi connectivity index (χ1v) is 11.3. The highest BCUT2D eigenvalue weighted by atomic mass is 19.4. The Morgan fingerprint density at radius 2 is 1.74 bits per heavy atom. The third kappa shape index (κ3) is 5.72. The molecule has 4 rings (SSSR count). The van der Waals surface area contributed by atoms with Gasteiger partial charge in [0.05, 0.1) is 11.1 Å². The SMILES string of the molecule is CNc1nc(-c2cccc(O)c2)nc(Nc2cc(C(=O)Nc3cccc(C(F)(F)F)c3)ccc2C)c1C=N. The van der Waals surface area contributed by atoms with E-state index in [4.69, 9.17) is 5.41 Å². The van der Waals surface area contributed by atoms with Crippen LogP contribution in [0.15, 0.2) is 66.7 Å². The van der Waals surface area contributed by atoms with Crippen LogP contribution in [0.1, 0.15) is 27.0 Å². The number of anilines is 4. The molecule has 38 heavy (non-hydrogen) atoms. The number of halogens is 3. The summed E-state index contributed by atoms with van der Waals surface area (Å²) in [4.78, 5) is 21.9. The number of rotatable bonds is 7. The Balaban J connectivity index is 1.67. The molecule has 11 heteroatoms. The van der Waals surface area contributed by atoms with Gasteiger partial charge < -0.3 is 26.5 Å². The van der Waals surface area contributed by atoms with E-state index >= 15 is 0 Å².